The van der Waals surface area contributed by atoms with E-state index < -0.39 is 10.8 Å². The van der Waals surface area contributed by atoms with E-state index in [0.717, 1.165) is 75.0 Å². The topological polar surface area (TPSA) is 62.7 Å². The third-order valence-corrected chi connectivity index (χ3v) is 8.30. The molecule has 1 heterocycles. The predicted octanol–water partition coefficient (Wildman–Crippen LogP) is 4.25. The molecule has 2 fully saturated rings. The van der Waals surface area contributed by atoms with E-state index in [-0.39, 0.29) is 29.4 Å². The Bertz CT molecular complexity index is 728. The van der Waals surface area contributed by atoms with Crippen LogP contribution in [0.25, 0.3) is 0 Å². The van der Waals surface area contributed by atoms with Crippen LogP contribution in [0.2, 0.25) is 5.02 Å². The number of hydrogen-bond acceptors (Lipinski definition) is 3. The van der Waals surface area contributed by atoms with Gasteiger partial charge in [-0.15, -0.1) is 24.0 Å². The minimum Gasteiger partial charge on any atom is -0.381 e. The van der Waals surface area contributed by atoms with Crippen LogP contribution in [0.3, 0.4) is 0 Å². The normalized spacial score (nSPS) is 25.1. The number of rotatable bonds is 6. The van der Waals surface area contributed by atoms with E-state index in [9.17, 15) is 4.21 Å². The summed E-state index contributed by atoms with van der Waals surface area (Å²) in [5, 5.41) is 8.22. The summed E-state index contributed by atoms with van der Waals surface area (Å²) < 4.78 is 17.9. The number of benzene rings is 1. The van der Waals surface area contributed by atoms with Gasteiger partial charge in [0.2, 0.25) is 0 Å². The standard InChI is InChI=1S/C22H34ClN3O2S.HI/c1-3-29(27)20-9-5-8-19(15-20)26-21(24-2)25-16-22(10-12-28-13-11-22)17-6-4-7-18(23)14-17;/h4,6-7,14,19-20H,3,5,8-13,15-16H2,1-2H3,(H2,24,25,26);1H. The quantitative estimate of drug-likeness (QED) is 0.307. The summed E-state index contributed by atoms with van der Waals surface area (Å²) in [6, 6.07) is 8.52. The maximum atomic E-state index is 12.2. The van der Waals surface area contributed by atoms with Crippen LogP contribution in [0.5, 0.6) is 0 Å². The smallest absolute Gasteiger partial charge is 0.191 e. The summed E-state index contributed by atoms with van der Waals surface area (Å²) in [5.41, 5.74) is 1.24. The van der Waals surface area contributed by atoms with Crippen molar-refractivity contribution in [1.29, 1.82) is 0 Å². The van der Waals surface area contributed by atoms with Crippen LogP contribution in [-0.2, 0) is 21.0 Å². The SMILES string of the molecule is CCS(=O)C1CCCC(NC(=NC)NCC2(c3cccc(Cl)c3)CCOCC2)C1.I. The lowest BCUT2D eigenvalue weighted by Crippen LogP contribution is -2.51. The highest BCUT2D eigenvalue weighted by Gasteiger charge is 2.35. The molecule has 0 spiro atoms. The summed E-state index contributed by atoms with van der Waals surface area (Å²) in [6.07, 6.45) is 6.16. The second-order valence-electron chi connectivity index (χ2n) is 8.13. The number of nitrogens with zero attached hydrogens (tertiary/aromatic N) is 1. The van der Waals surface area contributed by atoms with Crippen LogP contribution in [-0.4, -0.2) is 54.0 Å². The molecule has 3 rings (SSSR count). The van der Waals surface area contributed by atoms with Crippen molar-refractivity contribution in [2.75, 3.05) is 32.6 Å². The number of guanidine groups is 1. The molecule has 3 unspecified atom stereocenters. The summed E-state index contributed by atoms with van der Waals surface area (Å²) in [5.74, 6) is 1.57. The lowest BCUT2D eigenvalue weighted by Gasteiger charge is -2.39. The van der Waals surface area contributed by atoms with E-state index >= 15 is 0 Å². The van der Waals surface area contributed by atoms with Gasteiger partial charge in [0, 0.05) is 65.1 Å². The Labute approximate surface area is 205 Å². The van der Waals surface area contributed by atoms with E-state index in [1.54, 1.807) is 0 Å². The Morgan fingerprint density at radius 3 is 2.77 bits per heavy atom. The molecule has 0 aromatic heterocycles. The van der Waals surface area contributed by atoms with Gasteiger partial charge in [0.1, 0.15) is 0 Å². The van der Waals surface area contributed by atoms with Crippen molar-refractivity contribution in [2.45, 2.75) is 62.2 Å². The maximum absolute atomic E-state index is 12.2. The van der Waals surface area contributed by atoms with Crippen LogP contribution in [0, 0.1) is 0 Å². The number of hydrogen-bond donors (Lipinski definition) is 2. The summed E-state index contributed by atoms with van der Waals surface area (Å²) in [4.78, 5) is 4.46. The molecule has 5 nitrogen and oxygen atoms in total. The number of nitrogens with one attached hydrogen (secondary N) is 2. The Morgan fingerprint density at radius 1 is 1.33 bits per heavy atom. The molecule has 1 saturated carbocycles. The monoisotopic (exact) mass is 567 g/mol. The molecule has 1 aliphatic heterocycles. The van der Waals surface area contributed by atoms with Crippen LogP contribution in [0.15, 0.2) is 29.3 Å². The minimum absolute atomic E-state index is 0. The van der Waals surface area contributed by atoms with Crippen molar-refractivity contribution in [2.24, 2.45) is 4.99 Å². The molecule has 1 saturated heterocycles. The molecular weight excluding hydrogens is 533 g/mol. The molecule has 0 bridgehead atoms. The predicted molar refractivity (Wildman–Crippen MR) is 138 cm³/mol. The molecule has 1 aromatic rings. The summed E-state index contributed by atoms with van der Waals surface area (Å²) >= 11 is 6.28. The Morgan fingerprint density at radius 2 is 2.10 bits per heavy atom. The highest BCUT2D eigenvalue weighted by Crippen LogP contribution is 2.35. The van der Waals surface area contributed by atoms with Crippen LogP contribution >= 0.6 is 35.6 Å². The van der Waals surface area contributed by atoms with Crippen LogP contribution < -0.4 is 10.6 Å². The molecule has 2 N–H and O–H groups in total. The molecule has 1 aliphatic carbocycles. The number of ether oxygens (including phenoxy) is 1. The van der Waals surface area contributed by atoms with E-state index in [1.165, 1.54) is 5.56 Å². The second-order valence-corrected chi connectivity index (χ2v) is 10.6. The van der Waals surface area contributed by atoms with Gasteiger partial charge in [0.25, 0.3) is 0 Å². The lowest BCUT2D eigenvalue weighted by molar-refractivity contribution is 0.0513. The van der Waals surface area contributed by atoms with E-state index in [4.69, 9.17) is 16.3 Å². The maximum Gasteiger partial charge on any atom is 0.191 e. The van der Waals surface area contributed by atoms with Crippen molar-refractivity contribution in [3.8, 4) is 0 Å². The van der Waals surface area contributed by atoms with Gasteiger partial charge in [-0.1, -0.05) is 37.1 Å². The van der Waals surface area contributed by atoms with Gasteiger partial charge in [-0.05, 0) is 49.8 Å². The minimum atomic E-state index is -0.719. The Hall–Kier alpha value is -0.380. The lowest BCUT2D eigenvalue weighted by atomic mass is 9.74. The Balaban J connectivity index is 0.00000320. The average Bonchev–Trinajstić information content (AvgIpc) is 2.77. The highest BCUT2D eigenvalue weighted by molar-refractivity contribution is 14.0. The van der Waals surface area contributed by atoms with Crippen LogP contribution in [0.4, 0.5) is 0 Å². The molecular formula is C22H35ClIN3O2S. The molecule has 0 radical (unpaired) electrons. The fourth-order valence-electron chi connectivity index (χ4n) is 4.54. The van der Waals surface area contributed by atoms with E-state index in [1.807, 2.05) is 26.1 Å². The molecule has 1 aromatic carbocycles. The zero-order valence-corrected chi connectivity index (χ0v) is 21.9. The fourth-order valence-corrected chi connectivity index (χ4v) is 6.08. The number of aliphatic imine (C=N–C) groups is 1. The fraction of sp³-hybridized carbons (Fsp3) is 0.682. The molecule has 3 atom stereocenters. The van der Waals surface area contributed by atoms with E-state index in [0.29, 0.717) is 11.3 Å². The number of halogens is 2. The first-order chi connectivity index (χ1) is 14.1. The van der Waals surface area contributed by atoms with Gasteiger partial charge >= 0.3 is 0 Å². The summed E-state index contributed by atoms with van der Waals surface area (Å²) in [7, 11) is 1.10. The van der Waals surface area contributed by atoms with Gasteiger partial charge < -0.3 is 15.4 Å². The molecule has 170 valence electrons. The highest BCUT2D eigenvalue weighted by atomic mass is 127. The van der Waals surface area contributed by atoms with Crippen molar-refractivity contribution in [3.63, 3.8) is 0 Å². The van der Waals surface area contributed by atoms with Crippen molar-refractivity contribution in [3.05, 3.63) is 34.9 Å². The first-order valence-corrected chi connectivity index (χ1v) is 12.5. The zero-order valence-electron chi connectivity index (χ0n) is 18.0. The van der Waals surface area contributed by atoms with Gasteiger partial charge in [-0.25, -0.2) is 0 Å². The zero-order chi connectivity index (χ0) is 20.7. The first-order valence-electron chi connectivity index (χ1n) is 10.7. The van der Waals surface area contributed by atoms with Crippen molar-refractivity contribution < 1.29 is 8.95 Å². The average molecular weight is 568 g/mol. The third kappa shape index (κ3) is 6.81. The largest absolute Gasteiger partial charge is 0.381 e. The van der Waals surface area contributed by atoms with Crippen molar-refractivity contribution in [1.82, 2.24) is 10.6 Å². The third-order valence-electron chi connectivity index (χ3n) is 6.33. The van der Waals surface area contributed by atoms with Gasteiger partial charge in [-0.3, -0.25) is 9.20 Å². The second kappa shape index (κ2) is 12.6. The van der Waals surface area contributed by atoms with Gasteiger partial charge in [0.15, 0.2) is 5.96 Å². The first kappa shape index (κ1) is 25.9. The van der Waals surface area contributed by atoms with Crippen molar-refractivity contribution >= 4 is 52.3 Å². The van der Waals surface area contributed by atoms with Gasteiger partial charge in [0.05, 0.1) is 0 Å². The molecule has 2 aliphatic rings. The molecule has 8 heteroatoms. The molecule has 0 amide bonds. The van der Waals surface area contributed by atoms with Gasteiger partial charge in [-0.2, -0.15) is 0 Å². The van der Waals surface area contributed by atoms with E-state index in [2.05, 4.69) is 27.8 Å². The Kier molecular flexibility index (Phi) is 10.9. The summed E-state index contributed by atoms with van der Waals surface area (Å²) in [6.45, 7) is 4.31. The molecule has 30 heavy (non-hydrogen) atoms. The van der Waals surface area contributed by atoms with Crippen LogP contribution in [0.1, 0.15) is 51.0 Å².